The average Bonchev–Trinajstić information content (AvgIpc) is 2.07. The number of rotatable bonds is 2. The first-order valence-corrected chi connectivity index (χ1v) is 3.85. The van der Waals surface area contributed by atoms with Gasteiger partial charge in [-0.2, -0.15) is 0 Å². The maximum absolute atomic E-state index is 11.0. The van der Waals surface area contributed by atoms with Gasteiger partial charge in [0.25, 0.3) is 5.91 Å². The van der Waals surface area contributed by atoms with E-state index in [-0.39, 0.29) is 5.91 Å². The van der Waals surface area contributed by atoms with Crippen molar-refractivity contribution < 1.29 is 14.3 Å². The lowest BCUT2D eigenvalue weighted by Gasteiger charge is -2.21. The van der Waals surface area contributed by atoms with Crippen LogP contribution >= 0.6 is 0 Å². The van der Waals surface area contributed by atoms with Crippen LogP contribution in [0.2, 0.25) is 0 Å². The van der Waals surface area contributed by atoms with Gasteiger partial charge >= 0.3 is 0 Å². The Morgan fingerprint density at radius 2 is 2.18 bits per heavy atom. The van der Waals surface area contributed by atoms with E-state index < -0.39 is 6.29 Å². The molecule has 4 heteroatoms. The highest BCUT2D eigenvalue weighted by Gasteiger charge is 2.21. The van der Waals surface area contributed by atoms with Crippen molar-refractivity contribution in [3.8, 4) is 0 Å². The zero-order valence-electron chi connectivity index (χ0n) is 6.63. The molecule has 0 aromatic carbocycles. The lowest BCUT2D eigenvalue weighted by Crippen LogP contribution is -2.40. The Kier molecular flexibility index (Phi) is 3.32. The molecule has 4 nitrogen and oxygen atoms in total. The molecule has 0 unspecified atom stereocenters. The van der Waals surface area contributed by atoms with Crippen LogP contribution in [0.5, 0.6) is 0 Å². The highest BCUT2D eigenvalue weighted by atomic mass is 16.7. The minimum absolute atomic E-state index is 0.174. The van der Waals surface area contributed by atoms with Crippen LogP contribution < -0.4 is 5.32 Å². The van der Waals surface area contributed by atoms with Crippen molar-refractivity contribution in [2.75, 3.05) is 19.8 Å². The minimum Gasteiger partial charge on any atom is -0.352 e. The molecule has 0 aromatic rings. The van der Waals surface area contributed by atoms with Gasteiger partial charge in [0, 0.05) is 6.54 Å². The monoisotopic (exact) mass is 159 g/mol. The zero-order valence-corrected chi connectivity index (χ0v) is 6.63. The number of carbonyl (C=O) groups is 1. The van der Waals surface area contributed by atoms with E-state index in [0.717, 1.165) is 6.42 Å². The molecule has 1 saturated heterocycles. The van der Waals surface area contributed by atoms with Crippen molar-refractivity contribution in [2.45, 2.75) is 19.6 Å². The third-order valence-electron chi connectivity index (χ3n) is 1.39. The number of hydrogen-bond donors (Lipinski definition) is 1. The molecule has 0 atom stereocenters. The van der Waals surface area contributed by atoms with Crippen molar-refractivity contribution >= 4 is 5.91 Å². The molecule has 0 aromatic heterocycles. The molecule has 1 heterocycles. The fraction of sp³-hybridized carbons (Fsp3) is 0.857. The smallest absolute Gasteiger partial charge is 0.277 e. The summed E-state index contributed by atoms with van der Waals surface area (Å²) in [6, 6.07) is 0. The first-order valence-electron chi connectivity index (χ1n) is 3.85. The molecule has 1 rings (SSSR count). The van der Waals surface area contributed by atoms with Crippen LogP contribution in [0.15, 0.2) is 0 Å². The number of amides is 1. The Labute approximate surface area is 65.9 Å². The third kappa shape index (κ3) is 2.48. The van der Waals surface area contributed by atoms with Gasteiger partial charge in [-0.3, -0.25) is 4.79 Å². The highest BCUT2D eigenvalue weighted by molar-refractivity contribution is 5.79. The largest absolute Gasteiger partial charge is 0.352 e. The Bertz CT molecular complexity index is 132. The fourth-order valence-corrected chi connectivity index (χ4v) is 0.897. The topological polar surface area (TPSA) is 47.6 Å². The van der Waals surface area contributed by atoms with Crippen LogP contribution in [0, 0.1) is 0 Å². The summed E-state index contributed by atoms with van der Waals surface area (Å²) in [5, 5.41) is 2.63. The quantitative estimate of drug-likeness (QED) is 0.611. The van der Waals surface area contributed by atoms with Gasteiger partial charge in [-0.25, -0.2) is 0 Å². The van der Waals surface area contributed by atoms with E-state index >= 15 is 0 Å². The van der Waals surface area contributed by atoms with E-state index in [9.17, 15) is 4.79 Å². The molecule has 0 radical (unpaired) electrons. The van der Waals surface area contributed by atoms with E-state index in [2.05, 4.69) is 5.32 Å². The predicted molar refractivity (Wildman–Crippen MR) is 39.0 cm³/mol. The number of likely N-dealkylation sites (N-methyl/N-ethyl adjacent to an activating group) is 1. The van der Waals surface area contributed by atoms with Crippen LogP contribution in [0.4, 0.5) is 0 Å². The summed E-state index contributed by atoms with van der Waals surface area (Å²) in [5.41, 5.74) is 0. The maximum atomic E-state index is 11.0. The van der Waals surface area contributed by atoms with Gasteiger partial charge < -0.3 is 14.8 Å². The van der Waals surface area contributed by atoms with Crippen LogP contribution in [-0.4, -0.2) is 32.0 Å². The van der Waals surface area contributed by atoms with Gasteiger partial charge in [-0.05, 0) is 13.3 Å². The molecule has 0 spiro atoms. The van der Waals surface area contributed by atoms with Gasteiger partial charge in [0.15, 0.2) is 0 Å². The first-order chi connectivity index (χ1) is 5.34. The molecule has 0 aliphatic carbocycles. The second-order valence-electron chi connectivity index (χ2n) is 2.32. The van der Waals surface area contributed by atoms with E-state index in [1.54, 1.807) is 0 Å². The van der Waals surface area contributed by atoms with Crippen molar-refractivity contribution in [3.05, 3.63) is 0 Å². The Morgan fingerprint density at radius 3 is 2.73 bits per heavy atom. The summed E-state index contributed by atoms with van der Waals surface area (Å²) >= 11 is 0. The van der Waals surface area contributed by atoms with Gasteiger partial charge in [0.1, 0.15) is 0 Å². The van der Waals surface area contributed by atoms with Crippen molar-refractivity contribution in [1.82, 2.24) is 5.32 Å². The van der Waals surface area contributed by atoms with Gasteiger partial charge in [0.05, 0.1) is 13.2 Å². The summed E-state index contributed by atoms with van der Waals surface area (Å²) in [5.74, 6) is -0.174. The fourth-order valence-electron chi connectivity index (χ4n) is 0.897. The Morgan fingerprint density at radius 1 is 1.55 bits per heavy atom. The standard InChI is InChI=1S/C7H13NO3/c1-2-8-6(9)7-10-4-3-5-11-7/h7H,2-5H2,1H3,(H,8,9). The first kappa shape index (κ1) is 8.49. The van der Waals surface area contributed by atoms with Crippen molar-refractivity contribution in [2.24, 2.45) is 0 Å². The SMILES string of the molecule is CCNC(=O)C1OCCCO1. The maximum Gasteiger partial charge on any atom is 0.277 e. The minimum atomic E-state index is -0.677. The molecule has 64 valence electrons. The predicted octanol–water partition coefficient (Wildman–Crippen LogP) is -0.115. The van der Waals surface area contributed by atoms with Crippen LogP contribution in [0.1, 0.15) is 13.3 Å². The van der Waals surface area contributed by atoms with Crippen molar-refractivity contribution in [1.29, 1.82) is 0 Å². The van der Waals surface area contributed by atoms with Gasteiger partial charge in [-0.15, -0.1) is 0 Å². The second kappa shape index (κ2) is 4.31. The molecular formula is C7H13NO3. The molecule has 1 aliphatic rings. The summed E-state index contributed by atoms with van der Waals surface area (Å²) in [6.45, 7) is 3.70. The second-order valence-corrected chi connectivity index (χ2v) is 2.32. The molecule has 11 heavy (non-hydrogen) atoms. The lowest BCUT2D eigenvalue weighted by atomic mass is 10.4. The van der Waals surface area contributed by atoms with E-state index in [1.807, 2.05) is 6.92 Å². The zero-order chi connectivity index (χ0) is 8.10. The number of hydrogen-bond acceptors (Lipinski definition) is 3. The third-order valence-corrected chi connectivity index (χ3v) is 1.39. The summed E-state index contributed by atoms with van der Waals surface area (Å²) in [6.07, 6.45) is 0.194. The van der Waals surface area contributed by atoms with Gasteiger partial charge in [0.2, 0.25) is 6.29 Å². The molecule has 1 N–H and O–H groups in total. The molecule has 0 bridgehead atoms. The lowest BCUT2D eigenvalue weighted by molar-refractivity contribution is -0.190. The number of carbonyl (C=O) groups excluding carboxylic acids is 1. The summed E-state index contributed by atoms with van der Waals surface area (Å²) in [7, 11) is 0. The molecule has 1 amide bonds. The van der Waals surface area contributed by atoms with Crippen molar-refractivity contribution in [3.63, 3.8) is 0 Å². The number of ether oxygens (including phenoxy) is 2. The summed E-state index contributed by atoms with van der Waals surface area (Å²) in [4.78, 5) is 11.0. The number of nitrogens with one attached hydrogen (secondary N) is 1. The Hall–Kier alpha value is -0.610. The Balaban J connectivity index is 2.27. The van der Waals surface area contributed by atoms with Crippen LogP contribution in [0.25, 0.3) is 0 Å². The molecule has 1 aliphatic heterocycles. The highest BCUT2D eigenvalue weighted by Crippen LogP contribution is 2.03. The van der Waals surface area contributed by atoms with Crippen LogP contribution in [-0.2, 0) is 14.3 Å². The van der Waals surface area contributed by atoms with Gasteiger partial charge in [-0.1, -0.05) is 0 Å². The average molecular weight is 159 g/mol. The van der Waals surface area contributed by atoms with E-state index in [1.165, 1.54) is 0 Å². The molecule has 0 saturated carbocycles. The van der Waals surface area contributed by atoms with E-state index in [4.69, 9.17) is 9.47 Å². The van der Waals surface area contributed by atoms with E-state index in [0.29, 0.717) is 19.8 Å². The van der Waals surface area contributed by atoms with Crippen LogP contribution in [0.3, 0.4) is 0 Å². The normalized spacial score (nSPS) is 19.7. The molecular weight excluding hydrogens is 146 g/mol. The summed E-state index contributed by atoms with van der Waals surface area (Å²) < 4.78 is 10.1. The molecule has 1 fully saturated rings.